The van der Waals surface area contributed by atoms with Crippen LogP contribution >= 0.6 is 12.2 Å². The molecule has 0 bridgehead atoms. The first-order valence-corrected chi connectivity index (χ1v) is 18.7. The van der Waals surface area contributed by atoms with Crippen LogP contribution in [0, 0.1) is 0 Å². The van der Waals surface area contributed by atoms with Crippen LogP contribution in [-0.2, 0) is 26.6 Å². The van der Waals surface area contributed by atoms with Crippen LogP contribution in [0.5, 0.6) is 0 Å². The molecule has 0 rings (SSSR count). The van der Waals surface area contributed by atoms with E-state index in [0.717, 1.165) is 69.3 Å². The first-order valence-electron chi connectivity index (χ1n) is 14.4. The maximum absolute atomic E-state index is 6.04. The molecule has 12 heteroatoms. The van der Waals surface area contributed by atoms with Gasteiger partial charge in [0.05, 0.1) is 0 Å². The van der Waals surface area contributed by atoms with E-state index in [1.54, 1.807) is 0 Å². The maximum Gasteiger partial charge on any atom is 0.500 e. The van der Waals surface area contributed by atoms with Gasteiger partial charge in [0, 0.05) is 77.9 Å². The number of rotatable bonds is 25. The van der Waals surface area contributed by atoms with Gasteiger partial charge in [-0.3, -0.25) is 0 Å². The molecule has 0 spiro atoms. The zero-order valence-corrected chi connectivity index (χ0v) is 27.9. The van der Waals surface area contributed by atoms with Crippen LogP contribution in [0.4, 0.5) is 0 Å². The highest BCUT2D eigenvalue weighted by atomic mass is 32.1. The van der Waals surface area contributed by atoms with Gasteiger partial charge >= 0.3 is 17.6 Å². The lowest BCUT2D eigenvalue weighted by atomic mass is 10.4. The molecule has 0 aliphatic carbocycles. The van der Waals surface area contributed by atoms with Crippen LogP contribution in [0.15, 0.2) is 0 Å². The summed E-state index contributed by atoms with van der Waals surface area (Å²) in [4.78, 5) is 4.69. The summed E-state index contributed by atoms with van der Waals surface area (Å²) in [6, 6.07) is 1.54. The van der Waals surface area contributed by atoms with Crippen LogP contribution in [0.2, 0.25) is 12.1 Å². The van der Waals surface area contributed by atoms with Crippen molar-refractivity contribution in [3.8, 4) is 0 Å². The lowest BCUT2D eigenvalue weighted by molar-refractivity contribution is 0.0699. The minimum Gasteiger partial charge on any atom is -0.374 e. The molecule has 0 aromatic rings. The van der Waals surface area contributed by atoms with Gasteiger partial charge in [-0.05, 0) is 79.7 Å². The zero-order chi connectivity index (χ0) is 28.0. The van der Waals surface area contributed by atoms with E-state index in [2.05, 4.69) is 29.0 Å². The first-order chi connectivity index (χ1) is 17.8. The molecule has 37 heavy (non-hydrogen) atoms. The Bertz CT molecular complexity index is 530. The SMILES string of the molecule is CCO[Si](CCCNC(=S)N(CCC[Si](OCC)(OCC)OCC)CCN(CC)CC)(OCC)OCC. The van der Waals surface area contributed by atoms with Gasteiger partial charge in [-0.15, -0.1) is 0 Å². The fourth-order valence-electron chi connectivity index (χ4n) is 4.22. The Kier molecular flexibility index (Phi) is 22.5. The van der Waals surface area contributed by atoms with Gasteiger partial charge in [0.25, 0.3) is 0 Å². The Labute approximate surface area is 235 Å². The molecule has 0 aromatic heterocycles. The quantitative estimate of drug-likeness (QED) is 0.0951. The average Bonchev–Trinajstić information content (AvgIpc) is 2.87. The van der Waals surface area contributed by atoms with E-state index < -0.39 is 17.6 Å². The van der Waals surface area contributed by atoms with E-state index in [1.165, 1.54) is 0 Å². The fourth-order valence-corrected chi connectivity index (χ4v) is 9.71. The monoisotopic (exact) mass is 583 g/mol. The predicted molar refractivity (Wildman–Crippen MR) is 160 cm³/mol. The number of hydrogen-bond donors (Lipinski definition) is 1. The van der Waals surface area contributed by atoms with Gasteiger partial charge in [-0.25, -0.2) is 0 Å². The Morgan fingerprint density at radius 2 is 1.00 bits per heavy atom. The van der Waals surface area contributed by atoms with Gasteiger partial charge in [-0.1, -0.05) is 13.8 Å². The highest BCUT2D eigenvalue weighted by molar-refractivity contribution is 7.80. The summed E-state index contributed by atoms with van der Waals surface area (Å²) in [5.41, 5.74) is 0. The van der Waals surface area contributed by atoms with Crippen molar-refractivity contribution in [3.63, 3.8) is 0 Å². The van der Waals surface area contributed by atoms with Crippen LogP contribution in [0.1, 0.15) is 68.2 Å². The Morgan fingerprint density at radius 1 is 0.595 bits per heavy atom. The smallest absolute Gasteiger partial charge is 0.374 e. The van der Waals surface area contributed by atoms with Gasteiger partial charge in [0.15, 0.2) is 5.11 Å². The third-order valence-electron chi connectivity index (χ3n) is 5.90. The van der Waals surface area contributed by atoms with Crippen molar-refractivity contribution in [2.75, 3.05) is 78.9 Å². The summed E-state index contributed by atoms with van der Waals surface area (Å²) in [5.74, 6) is 0. The number of hydrogen-bond acceptors (Lipinski definition) is 8. The maximum atomic E-state index is 6.04. The number of likely N-dealkylation sites (N-methyl/N-ethyl adjacent to an activating group) is 1. The van der Waals surface area contributed by atoms with Gasteiger partial charge in [0.2, 0.25) is 0 Å². The van der Waals surface area contributed by atoms with E-state index in [1.807, 2.05) is 41.5 Å². The Morgan fingerprint density at radius 3 is 1.38 bits per heavy atom. The zero-order valence-electron chi connectivity index (χ0n) is 25.1. The second kappa shape index (κ2) is 22.6. The predicted octanol–water partition coefficient (Wildman–Crippen LogP) is 4.38. The molecular weight excluding hydrogens is 527 g/mol. The second-order valence-corrected chi connectivity index (χ2v) is 14.3. The molecule has 222 valence electrons. The standard InChI is InChI=1S/C25H57N3O6SSi2/c1-9-27(10-2)21-22-28(20-18-24-37(32-14-6,33-15-7)34-16-8)25(35)26-19-17-23-36(29-11-3,30-12-4)31-13-5/h9-24H2,1-8H3,(H,26,35). The van der Waals surface area contributed by atoms with Crippen LogP contribution < -0.4 is 5.32 Å². The first kappa shape index (κ1) is 36.8. The van der Waals surface area contributed by atoms with E-state index in [0.29, 0.717) is 39.6 Å². The molecule has 0 unspecified atom stereocenters. The molecule has 0 radical (unpaired) electrons. The van der Waals surface area contributed by atoms with Crippen molar-refractivity contribution >= 4 is 34.9 Å². The third-order valence-corrected chi connectivity index (χ3v) is 12.6. The van der Waals surface area contributed by atoms with Crippen molar-refractivity contribution in [3.05, 3.63) is 0 Å². The fraction of sp³-hybridized carbons (Fsp3) is 0.960. The summed E-state index contributed by atoms with van der Waals surface area (Å²) in [7, 11) is -5.31. The summed E-state index contributed by atoms with van der Waals surface area (Å²) < 4.78 is 36.1. The van der Waals surface area contributed by atoms with Crippen LogP contribution in [-0.4, -0.2) is 111 Å². The molecule has 0 aliphatic heterocycles. The lowest BCUT2D eigenvalue weighted by Gasteiger charge is -2.32. The van der Waals surface area contributed by atoms with E-state index in [-0.39, 0.29) is 0 Å². The average molecular weight is 584 g/mol. The van der Waals surface area contributed by atoms with Crippen molar-refractivity contribution in [2.24, 2.45) is 0 Å². The molecule has 0 heterocycles. The molecule has 1 N–H and O–H groups in total. The Hall–Kier alpha value is -0.156. The topological polar surface area (TPSA) is 73.9 Å². The van der Waals surface area contributed by atoms with Gasteiger partial charge in [0.1, 0.15) is 0 Å². The summed E-state index contributed by atoms with van der Waals surface area (Å²) in [5, 5.41) is 4.25. The highest BCUT2D eigenvalue weighted by Crippen LogP contribution is 2.19. The molecule has 0 aromatic carbocycles. The summed E-state index contributed by atoms with van der Waals surface area (Å²) in [6.45, 7) is 25.3. The van der Waals surface area contributed by atoms with E-state index in [9.17, 15) is 0 Å². The molecular formula is C25H57N3O6SSi2. The second-order valence-electron chi connectivity index (χ2n) is 8.42. The van der Waals surface area contributed by atoms with Gasteiger partial charge < -0.3 is 41.7 Å². The molecule has 0 saturated carbocycles. The summed E-state index contributed by atoms with van der Waals surface area (Å²) in [6.07, 6.45) is 1.76. The minimum absolute atomic E-state index is 0.591. The van der Waals surface area contributed by atoms with E-state index in [4.69, 9.17) is 38.8 Å². The van der Waals surface area contributed by atoms with Crippen LogP contribution in [0.25, 0.3) is 0 Å². The molecule has 0 amide bonds. The highest BCUT2D eigenvalue weighted by Gasteiger charge is 2.40. The normalized spacial score (nSPS) is 12.4. The van der Waals surface area contributed by atoms with Crippen molar-refractivity contribution in [1.82, 2.24) is 15.1 Å². The minimum atomic E-state index is -2.67. The van der Waals surface area contributed by atoms with Crippen molar-refractivity contribution in [2.45, 2.75) is 80.3 Å². The molecule has 0 aliphatic rings. The Balaban J connectivity index is 5.14. The van der Waals surface area contributed by atoms with Crippen LogP contribution in [0.3, 0.4) is 0 Å². The largest absolute Gasteiger partial charge is 0.500 e. The van der Waals surface area contributed by atoms with E-state index >= 15 is 0 Å². The molecule has 0 fully saturated rings. The van der Waals surface area contributed by atoms with Gasteiger partial charge in [-0.2, -0.15) is 0 Å². The summed E-state index contributed by atoms with van der Waals surface area (Å²) >= 11 is 5.85. The van der Waals surface area contributed by atoms with Crippen molar-refractivity contribution < 1.29 is 26.6 Å². The third kappa shape index (κ3) is 15.3. The van der Waals surface area contributed by atoms with Crippen molar-refractivity contribution in [1.29, 1.82) is 0 Å². The molecule has 0 atom stereocenters. The number of nitrogens with one attached hydrogen (secondary N) is 1. The molecule has 0 saturated heterocycles. The number of nitrogens with zero attached hydrogens (tertiary/aromatic N) is 2. The number of thiocarbonyl (C=S) groups is 1. The lowest BCUT2D eigenvalue weighted by Crippen LogP contribution is -2.48. The molecule has 9 nitrogen and oxygen atoms in total.